The molecular weight excluding hydrogens is 392 g/mol. The first-order valence-corrected chi connectivity index (χ1v) is 11.8. The van der Waals surface area contributed by atoms with Crippen molar-refractivity contribution in [1.29, 1.82) is 0 Å². The van der Waals surface area contributed by atoms with Crippen molar-refractivity contribution in [2.75, 3.05) is 70.9 Å². The zero-order valence-electron chi connectivity index (χ0n) is 17.0. The normalized spacial score (nSPS) is 22.6. The summed E-state index contributed by atoms with van der Waals surface area (Å²) >= 11 is 0. The minimum absolute atomic E-state index is 0.109. The number of nitrogens with one attached hydrogen (secondary N) is 1. The molecule has 1 saturated carbocycles. The number of hydrogen-bond donors (Lipinski definition) is 1. The summed E-state index contributed by atoms with van der Waals surface area (Å²) in [4.78, 5) is 23.0. The molecule has 2 saturated heterocycles. The van der Waals surface area contributed by atoms with E-state index in [9.17, 15) is 13.2 Å². The number of aromatic nitrogens is 1. The number of piperazine rings is 2. The van der Waals surface area contributed by atoms with Crippen LogP contribution in [0, 0.1) is 0 Å². The molecule has 2 aliphatic heterocycles. The van der Waals surface area contributed by atoms with E-state index in [1.54, 1.807) is 12.1 Å². The fourth-order valence-electron chi connectivity index (χ4n) is 3.73. The molecule has 0 aromatic carbocycles. The second-order valence-electron chi connectivity index (χ2n) is 8.16. The average molecular weight is 423 g/mol. The Morgan fingerprint density at radius 3 is 2.34 bits per heavy atom. The summed E-state index contributed by atoms with van der Waals surface area (Å²) in [7, 11) is -1.49. The van der Waals surface area contributed by atoms with Gasteiger partial charge in [-0.05, 0) is 32.0 Å². The van der Waals surface area contributed by atoms with E-state index in [1.165, 1.54) is 10.5 Å². The summed E-state index contributed by atoms with van der Waals surface area (Å²) in [5.41, 5.74) is 0. The molecular formula is C19H30N6O3S. The van der Waals surface area contributed by atoms with Crippen LogP contribution in [-0.4, -0.2) is 105 Å². The summed E-state index contributed by atoms with van der Waals surface area (Å²) in [6.07, 6.45) is 3.68. The summed E-state index contributed by atoms with van der Waals surface area (Å²) in [5, 5.41) is 3.02. The molecule has 0 radical (unpaired) electrons. The Hall–Kier alpha value is -1.75. The maximum atomic E-state index is 12.8. The Morgan fingerprint density at radius 1 is 1.07 bits per heavy atom. The second-order valence-corrected chi connectivity index (χ2v) is 10.1. The molecule has 1 aromatic heterocycles. The maximum absolute atomic E-state index is 12.8. The van der Waals surface area contributed by atoms with Gasteiger partial charge >= 0.3 is 0 Å². The van der Waals surface area contributed by atoms with Crippen LogP contribution in [0.4, 0.5) is 5.82 Å². The molecule has 9 nitrogen and oxygen atoms in total. The van der Waals surface area contributed by atoms with Gasteiger partial charge in [-0.3, -0.25) is 9.69 Å². The van der Waals surface area contributed by atoms with Gasteiger partial charge in [0, 0.05) is 64.6 Å². The Kier molecular flexibility index (Phi) is 6.05. The first-order chi connectivity index (χ1) is 13.9. The monoisotopic (exact) mass is 422 g/mol. The van der Waals surface area contributed by atoms with E-state index in [-0.39, 0.29) is 10.8 Å². The summed E-state index contributed by atoms with van der Waals surface area (Å²) in [5.74, 6) is 0.891. The van der Waals surface area contributed by atoms with Gasteiger partial charge in [0.15, 0.2) is 0 Å². The number of pyridine rings is 1. The standard InChI is InChI=1S/C19H30N6O3S/c1-22-6-12-25(13-7-22)29(27,28)17-4-5-18(20-14-17)24-10-8-23(9-11-24)15-19(26)21-16-2-3-16/h4-5,14,16H,2-3,6-13,15H2,1H3,(H,21,26). The highest BCUT2D eigenvalue weighted by Crippen LogP contribution is 2.21. The predicted octanol–water partition coefficient (Wildman–Crippen LogP) is -0.582. The summed E-state index contributed by atoms with van der Waals surface area (Å²) < 4.78 is 27.2. The fraction of sp³-hybridized carbons (Fsp3) is 0.684. The SMILES string of the molecule is CN1CCN(S(=O)(=O)c2ccc(N3CCN(CC(=O)NC4CC4)CC3)nc2)CC1. The minimum Gasteiger partial charge on any atom is -0.354 e. The van der Waals surface area contributed by atoms with E-state index in [4.69, 9.17) is 0 Å². The van der Waals surface area contributed by atoms with Gasteiger partial charge in [-0.25, -0.2) is 13.4 Å². The van der Waals surface area contributed by atoms with Crippen LogP contribution in [0.15, 0.2) is 23.2 Å². The van der Waals surface area contributed by atoms with Gasteiger partial charge < -0.3 is 15.1 Å². The first-order valence-electron chi connectivity index (χ1n) is 10.3. The van der Waals surface area contributed by atoms with Gasteiger partial charge in [0.1, 0.15) is 10.7 Å². The molecule has 0 atom stereocenters. The Labute approximate surface area is 172 Å². The van der Waals surface area contributed by atoms with Gasteiger partial charge in [-0.2, -0.15) is 4.31 Å². The molecule has 10 heteroatoms. The molecule has 0 unspecified atom stereocenters. The number of sulfonamides is 1. The number of hydrogen-bond acceptors (Lipinski definition) is 7. The lowest BCUT2D eigenvalue weighted by Crippen LogP contribution is -2.50. The van der Waals surface area contributed by atoms with Crippen molar-refractivity contribution in [3.63, 3.8) is 0 Å². The fourth-order valence-corrected chi connectivity index (χ4v) is 5.10. The zero-order valence-corrected chi connectivity index (χ0v) is 17.8. The van der Waals surface area contributed by atoms with Gasteiger partial charge in [0.05, 0.1) is 6.54 Å². The lowest BCUT2D eigenvalue weighted by molar-refractivity contribution is -0.122. The Morgan fingerprint density at radius 2 is 1.76 bits per heavy atom. The topological polar surface area (TPSA) is 89.1 Å². The van der Waals surface area contributed by atoms with Crippen molar-refractivity contribution >= 4 is 21.7 Å². The lowest BCUT2D eigenvalue weighted by atomic mass is 10.3. The summed E-state index contributed by atoms with van der Waals surface area (Å²) in [6, 6.07) is 3.85. The number of amides is 1. The number of carbonyl (C=O) groups excluding carboxylic acids is 1. The van der Waals surface area contributed by atoms with Crippen LogP contribution in [0.5, 0.6) is 0 Å². The zero-order chi connectivity index (χ0) is 20.4. The molecule has 3 aliphatic rings. The van der Waals surface area contributed by atoms with Crippen LogP contribution in [0.2, 0.25) is 0 Å². The number of likely N-dealkylation sites (N-methyl/N-ethyl adjacent to an activating group) is 1. The van der Waals surface area contributed by atoms with Gasteiger partial charge in [0.2, 0.25) is 15.9 Å². The van der Waals surface area contributed by atoms with Crippen molar-refractivity contribution in [3.8, 4) is 0 Å². The molecule has 29 heavy (non-hydrogen) atoms. The smallest absolute Gasteiger partial charge is 0.244 e. The highest BCUT2D eigenvalue weighted by atomic mass is 32.2. The van der Waals surface area contributed by atoms with E-state index < -0.39 is 10.0 Å². The molecule has 3 fully saturated rings. The highest BCUT2D eigenvalue weighted by molar-refractivity contribution is 7.89. The largest absolute Gasteiger partial charge is 0.354 e. The van der Waals surface area contributed by atoms with Gasteiger partial charge in [-0.1, -0.05) is 0 Å². The van der Waals surface area contributed by atoms with Gasteiger partial charge in [-0.15, -0.1) is 0 Å². The van der Waals surface area contributed by atoms with Crippen LogP contribution in [-0.2, 0) is 14.8 Å². The van der Waals surface area contributed by atoms with Gasteiger partial charge in [0.25, 0.3) is 0 Å². The lowest BCUT2D eigenvalue weighted by Gasteiger charge is -2.35. The molecule has 1 aromatic rings. The van der Waals surface area contributed by atoms with E-state index in [0.717, 1.165) is 57.9 Å². The van der Waals surface area contributed by atoms with Crippen molar-refractivity contribution in [1.82, 2.24) is 24.4 Å². The van der Waals surface area contributed by atoms with E-state index in [2.05, 4.69) is 25.0 Å². The number of anilines is 1. The average Bonchev–Trinajstić information content (AvgIpc) is 3.53. The number of carbonyl (C=O) groups is 1. The van der Waals surface area contributed by atoms with Crippen molar-refractivity contribution in [3.05, 3.63) is 18.3 Å². The predicted molar refractivity (Wildman–Crippen MR) is 110 cm³/mol. The molecule has 1 aliphatic carbocycles. The van der Waals surface area contributed by atoms with E-state index in [0.29, 0.717) is 25.7 Å². The molecule has 160 valence electrons. The molecule has 1 amide bonds. The quantitative estimate of drug-likeness (QED) is 0.656. The number of nitrogens with zero attached hydrogens (tertiary/aromatic N) is 5. The maximum Gasteiger partial charge on any atom is 0.244 e. The molecule has 3 heterocycles. The van der Waals surface area contributed by atoms with Crippen LogP contribution in [0.25, 0.3) is 0 Å². The molecule has 1 N–H and O–H groups in total. The first kappa shape index (κ1) is 20.5. The highest BCUT2D eigenvalue weighted by Gasteiger charge is 2.28. The Balaban J connectivity index is 1.31. The van der Waals surface area contributed by atoms with Crippen molar-refractivity contribution < 1.29 is 13.2 Å². The van der Waals surface area contributed by atoms with Crippen LogP contribution < -0.4 is 10.2 Å². The van der Waals surface area contributed by atoms with E-state index in [1.807, 2.05) is 7.05 Å². The second kappa shape index (κ2) is 8.55. The van der Waals surface area contributed by atoms with Crippen molar-refractivity contribution in [2.45, 2.75) is 23.8 Å². The third-order valence-corrected chi connectivity index (χ3v) is 7.71. The minimum atomic E-state index is -3.49. The van der Waals surface area contributed by atoms with Crippen LogP contribution >= 0.6 is 0 Å². The summed E-state index contributed by atoms with van der Waals surface area (Å²) in [6.45, 7) is 6.08. The number of rotatable bonds is 6. The Bertz CT molecular complexity index is 811. The van der Waals surface area contributed by atoms with Crippen LogP contribution in [0.3, 0.4) is 0 Å². The third-order valence-electron chi connectivity index (χ3n) is 5.83. The molecule has 0 spiro atoms. The van der Waals surface area contributed by atoms with E-state index >= 15 is 0 Å². The molecule has 4 rings (SSSR count). The van der Waals surface area contributed by atoms with Crippen molar-refractivity contribution in [2.24, 2.45) is 0 Å². The third kappa shape index (κ3) is 5.06. The van der Waals surface area contributed by atoms with Crippen LogP contribution in [0.1, 0.15) is 12.8 Å². The molecule has 0 bridgehead atoms.